The van der Waals surface area contributed by atoms with Crippen molar-refractivity contribution < 1.29 is 96.9 Å². The zero-order valence-electron chi connectivity index (χ0n) is 31.1. The molecule has 0 aromatic heterocycles. The molecule has 1 aliphatic carbocycles. The second-order valence-electron chi connectivity index (χ2n) is 13.8. The number of aliphatic hydroxyl groups is 4. The average Bonchev–Trinajstić information content (AvgIpc) is 3.45. The van der Waals surface area contributed by atoms with Crippen molar-refractivity contribution in [1.29, 1.82) is 0 Å². The Morgan fingerprint density at radius 2 is 1.46 bits per heavy atom. The van der Waals surface area contributed by atoms with Gasteiger partial charge in [-0.15, -0.1) is 0 Å². The van der Waals surface area contributed by atoms with E-state index >= 15 is 0 Å². The van der Waals surface area contributed by atoms with Crippen LogP contribution in [0.15, 0.2) is 42.2 Å². The van der Waals surface area contributed by atoms with E-state index in [9.17, 15) is 54.3 Å². The first kappa shape index (κ1) is 43.2. The zero-order chi connectivity index (χ0) is 41.7. The van der Waals surface area contributed by atoms with Crippen molar-refractivity contribution in [3.8, 4) is 5.75 Å². The van der Waals surface area contributed by atoms with Gasteiger partial charge in [-0.2, -0.15) is 0 Å². The molecule has 57 heavy (non-hydrogen) atoms. The summed E-state index contributed by atoms with van der Waals surface area (Å²) in [5.74, 6) is -7.24. The number of hydrogen-bond donors (Lipinski definition) is 5. The van der Waals surface area contributed by atoms with Gasteiger partial charge in [0.05, 0.1) is 18.4 Å². The van der Waals surface area contributed by atoms with E-state index in [1.807, 2.05) is 0 Å². The molecule has 1 aromatic carbocycles. The molecule has 20 nitrogen and oxygen atoms in total. The molecule has 3 fully saturated rings. The quantitative estimate of drug-likeness (QED) is 0.0919. The number of carbonyl (C=O) groups excluding carboxylic acids is 5. The lowest BCUT2D eigenvalue weighted by Crippen LogP contribution is -2.63. The molecule has 312 valence electrons. The zero-order valence-corrected chi connectivity index (χ0v) is 31.1. The maximum absolute atomic E-state index is 13.3. The van der Waals surface area contributed by atoms with Gasteiger partial charge in [0.15, 0.2) is 18.3 Å². The number of esters is 4. The summed E-state index contributed by atoms with van der Waals surface area (Å²) < 4.78 is 50.7. The Bertz CT molecular complexity index is 1720. The smallest absolute Gasteiger partial charge is 0.334 e. The second-order valence-corrected chi connectivity index (χ2v) is 13.8. The number of carbonyl (C=O) groups is 6. The van der Waals surface area contributed by atoms with Crippen LogP contribution in [0.5, 0.6) is 5.75 Å². The van der Waals surface area contributed by atoms with Crippen LogP contribution in [0.3, 0.4) is 0 Å². The Morgan fingerprint density at radius 3 is 2.07 bits per heavy atom. The second kappa shape index (κ2) is 18.5. The van der Waals surface area contributed by atoms with Crippen molar-refractivity contribution in [2.45, 2.75) is 102 Å². The Labute approximate surface area is 324 Å². The lowest BCUT2D eigenvalue weighted by molar-refractivity contribution is -0.344. The van der Waals surface area contributed by atoms with Crippen LogP contribution in [0.2, 0.25) is 0 Å². The van der Waals surface area contributed by atoms with Gasteiger partial charge in [-0.3, -0.25) is 19.2 Å². The molecule has 0 radical (unpaired) electrons. The fourth-order valence-corrected chi connectivity index (χ4v) is 7.03. The number of hydrogen-bond acceptors (Lipinski definition) is 19. The number of aliphatic hydroxyl groups excluding tert-OH is 4. The molecule has 0 bridgehead atoms. The van der Waals surface area contributed by atoms with E-state index in [1.54, 1.807) is 6.92 Å². The maximum Gasteiger partial charge on any atom is 0.334 e. The van der Waals surface area contributed by atoms with E-state index in [-0.39, 0.29) is 23.5 Å². The summed E-state index contributed by atoms with van der Waals surface area (Å²) in [6.45, 7) is 3.56. The average molecular weight is 809 g/mol. The molecule has 5 N–H and O–H groups in total. The maximum atomic E-state index is 13.3. The monoisotopic (exact) mass is 808 g/mol. The van der Waals surface area contributed by atoms with Crippen molar-refractivity contribution in [3.05, 3.63) is 47.7 Å². The third-order valence-corrected chi connectivity index (χ3v) is 9.82. The number of Topliss-reactive ketones (excluding diaryl/α,β-unsaturated/α-hetero) is 1. The third-order valence-electron chi connectivity index (χ3n) is 9.82. The molecule has 1 aromatic rings. The minimum absolute atomic E-state index is 0.0944. The van der Waals surface area contributed by atoms with Crippen molar-refractivity contribution >= 4 is 41.7 Å². The van der Waals surface area contributed by atoms with Crippen LogP contribution < -0.4 is 4.74 Å². The highest BCUT2D eigenvalue weighted by Crippen LogP contribution is 2.46. The summed E-state index contributed by atoms with van der Waals surface area (Å²) >= 11 is 0. The molecule has 20 heteroatoms. The lowest BCUT2D eigenvalue weighted by atomic mass is 9.83. The predicted octanol–water partition coefficient (Wildman–Crippen LogP) is -0.876. The fraction of sp³-hybridized carbons (Fsp3) is 0.568. The van der Waals surface area contributed by atoms with E-state index in [4.69, 9.17) is 42.6 Å². The standard InChI is InChI=1S/C37H44O20/c1-15-23(42)11-21-22(34(47)48)13-50-35(27(15)21)57-37-33(52-18(4)41)32(51-17(3)40)31(25(55-37)14-49-16(2)39)56-26(43)10-7-19-5-8-20(9-6-19)53-36-30(46)29(45)28(44)24(12-38)54-36/h5-10,13,15,21,24-25,27-33,35-38,44-46H,11-12,14H2,1-4H3,(H,47,48)/b10-7+/t15-,21+,24+,25+,27+,28+,29-,30+,31+,32-,33+,35-,36+,37-/m0/s1. The molecule has 5 rings (SSSR count). The number of aliphatic carboxylic acids is 1. The minimum atomic E-state index is -1.67. The van der Waals surface area contributed by atoms with Crippen molar-refractivity contribution in [3.63, 3.8) is 0 Å². The molecule has 0 unspecified atom stereocenters. The fourth-order valence-electron chi connectivity index (χ4n) is 7.03. The van der Waals surface area contributed by atoms with Gasteiger partial charge in [-0.05, 0) is 23.8 Å². The van der Waals surface area contributed by atoms with Crippen LogP contribution in [0.25, 0.3) is 6.08 Å². The van der Waals surface area contributed by atoms with E-state index in [0.717, 1.165) is 33.1 Å². The molecule has 1 saturated carbocycles. The molecular weight excluding hydrogens is 764 g/mol. The number of ether oxygens (including phenoxy) is 9. The van der Waals surface area contributed by atoms with Gasteiger partial charge in [0.2, 0.25) is 18.9 Å². The van der Waals surface area contributed by atoms with E-state index in [2.05, 4.69) is 0 Å². The van der Waals surface area contributed by atoms with Crippen LogP contribution in [-0.4, -0.2) is 142 Å². The molecular formula is C37H44O20. The van der Waals surface area contributed by atoms with Crippen LogP contribution in [0.4, 0.5) is 0 Å². The van der Waals surface area contributed by atoms with Gasteiger partial charge >= 0.3 is 29.8 Å². The number of carboxylic acid groups (broad SMARTS) is 1. The number of carboxylic acids is 1. The molecule has 4 aliphatic rings. The lowest BCUT2D eigenvalue weighted by Gasteiger charge is -2.45. The molecule has 0 amide bonds. The highest BCUT2D eigenvalue weighted by Gasteiger charge is 2.57. The SMILES string of the molecule is CC(=O)OC[C@H]1O[C@@H](O[C@@H]2OC=C(C(=O)O)[C@H]3CC(=O)[C@H](C)[C@@H]23)[C@H](OC(C)=O)[C@@H](OC(C)=O)[C@@H]1OC(=O)/C=C/c1ccc(O[C@@H]2O[C@H](CO)[C@@H](O)[C@H](O)[C@H]2O)cc1. The van der Waals surface area contributed by atoms with Gasteiger partial charge in [-0.1, -0.05) is 19.1 Å². The topological polar surface area (TPSA) is 287 Å². The van der Waals surface area contributed by atoms with Gasteiger partial charge in [-0.25, -0.2) is 9.59 Å². The van der Waals surface area contributed by atoms with E-state index < -0.39 is 129 Å². The number of fused-ring (bicyclic) bond motifs is 1. The summed E-state index contributed by atoms with van der Waals surface area (Å²) in [6, 6.07) is 5.88. The molecule has 2 saturated heterocycles. The summed E-state index contributed by atoms with van der Waals surface area (Å²) in [5, 5.41) is 49.4. The predicted molar refractivity (Wildman–Crippen MR) is 184 cm³/mol. The minimum Gasteiger partial charge on any atom is -0.478 e. The van der Waals surface area contributed by atoms with Crippen LogP contribution >= 0.6 is 0 Å². The highest BCUT2D eigenvalue weighted by molar-refractivity contribution is 5.92. The van der Waals surface area contributed by atoms with Gasteiger partial charge in [0, 0.05) is 51.0 Å². The molecule has 3 aliphatic heterocycles. The Kier molecular flexibility index (Phi) is 14.0. The normalized spacial score (nSPS) is 34.9. The summed E-state index contributed by atoms with van der Waals surface area (Å²) in [5.41, 5.74) is 0.291. The van der Waals surface area contributed by atoms with Crippen molar-refractivity contribution in [2.75, 3.05) is 13.2 Å². The van der Waals surface area contributed by atoms with Crippen molar-refractivity contribution in [2.24, 2.45) is 17.8 Å². The van der Waals surface area contributed by atoms with E-state index in [1.165, 1.54) is 30.3 Å². The first-order valence-corrected chi connectivity index (χ1v) is 17.8. The summed E-state index contributed by atoms with van der Waals surface area (Å²) in [7, 11) is 0. The Balaban J connectivity index is 1.35. The third kappa shape index (κ3) is 10.1. The van der Waals surface area contributed by atoms with Gasteiger partial charge in [0.25, 0.3) is 0 Å². The van der Waals surface area contributed by atoms with Gasteiger partial charge in [0.1, 0.15) is 48.7 Å². The Hall–Kier alpha value is -4.96. The number of ketones is 1. The molecule has 14 atom stereocenters. The first-order valence-electron chi connectivity index (χ1n) is 17.8. The highest BCUT2D eigenvalue weighted by atomic mass is 16.8. The number of benzene rings is 1. The molecule has 3 heterocycles. The van der Waals surface area contributed by atoms with Crippen molar-refractivity contribution in [1.82, 2.24) is 0 Å². The van der Waals surface area contributed by atoms with Gasteiger partial charge < -0.3 is 68.2 Å². The molecule has 0 spiro atoms. The summed E-state index contributed by atoms with van der Waals surface area (Å²) in [4.78, 5) is 74.7. The van der Waals surface area contributed by atoms with Crippen LogP contribution in [0.1, 0.15) is 39.7 Å². The Morgan fingerprint density at radius 1 is 0.807 bits per heavy atom. The largest absolute Gasteiger partial charge is 0.478 e. The first-order chi connectivity index (χ1) is 27.0. The van der Waals surface area contributed by atoms with Crippen LogP contribution in [-0.2, 0) is 66.7 Å². The van der Waals surface area contributed by atoms with E-state index in [0.29, 0.717) is 5.56 Å². The van der Waals surface area contributed by atoms with Crippen LogP contribution in [0, 0.1) is 17.8 Å². The number of rotatable bonds is 13. The summed E-state index contributed by atoms with van der Waals surface area (Å²) in [6.07, 6.45) is -13.5.